The van der Waals surface area contributed by atoms with Crippen molar-refractivity contribution in [2.45, 2.75) is 64.3 Å². The van der Waals surface area contributed by atoms with Crippen LogP contribution in [0, 0.1) is 12.8 Å². The summed E-state index contributed by atoms with van der Waals surface area (Å²) in [5, 5.41) is 17.9. The van der Waals surface area contributed by atoms with Crippen molar-refractivity contribution in [1.82, 2.24) is 35.8 Å². The van der Waals surface area contributed by atoms with E-state index in [0.29, 0.717) is 22.6 Å². The minimum atomic E-state index is -0.941. The number of hydrogen-bond donors (Lipinski definition) is 3. The number of nitrogens with one attached hydrogen (secondary N) is 3. The molecule has 2 aliphatic rings. The number of aryl methyl sites for hydroxylation is 1. The minimum Gasteiger partial charge on any atom is -0.461 e. The Morgan fingerprint density at radius 1 is 1.02 bits per heavy atom. The fraction of sp³-hybridized carbons (Fsp3) is 0.375. The quantitative estimate of drug-likeness (QED) is 0.327. The van der Waals surface area contributed by atoms with Gasteiger partial charge in [0.25, 0.3) is 5.91 Å². The maximum atomic E-state index is 14.1. The number of amides is 4. The Kier molecular flexibility index (Phi) is 7.90. The predicted octanol–water partition coefficient (Wildman–Crippen LogP) is 2.29. The van der Waals surface area contributed by atoms with Crippen LogP contribution in [0.5, 0.6) is 0 Å². The van der Waals surface area contributed by atoms with E-state index in [2.05, 4.69) is 26.3 Å². The molecule has 4 atom stereocenters. The molecule has 4 amide bonds. The lowest BCUT2D eigenvalue weighted by Crippen LogP contribution is -2.58. The molecule has 1 fully saturated rings. The van der Waals surface area contributed by atoms with Crippen molar-refractivity contribution >= 4 is 34.6 Å². The van der Waals surface area contributed by atoms with Gasteiger partial charge in [-0.05, 0) is 30.5 Å². The SMILES string of the molecule is Cc1cc2cccc(C(=O)N3C[C@@H]4C[C@H]3C(=O)N[C@@H](C(C)C)C(=O)N[C@H](Cc3ccccc3)C(=O)NCc3cn4nn3)c2o1. The molecule has 1 saturated heterocycles. The number of rotatable bonds is 4. The molecule has 12 heteroatoms. The third-order valence-corrected chi connectivity index (χ3v) is 8.28. The molecule has 0 radical (unpaired) electrons. The number of nitrogens with zero attached hydrogens (tertiary/aromatic N) is 4. The van der Waals surface area contributed by atoms with Crippen LogP contribution in [-0.4, -0.2) is 68.2 Å². The summed E-state index contributed by atoms with van der Waals surface area (Å²) in [4.78, 5) is 56.5. The average molecular weight is 598 g/mol. The lowest BCUT2D eigenvalue weighted by atomic mass is 10.00. The highest BCUT2D eigenvalue weighted by Crippen LogP contribution is 2.31. The second kappa shape index (κ2) is 11.9. The van der Waals surface area contributed by atoms with Crippen LogP contribution in [0.4, 0.5) is 0 Å². The topological polar surface area (TPSA) is 151 Å². The minimum absolute atomic E-state index is 0.101. The van der Waals surface area contributed by atoms with Gasteiger partial charge in [-0.2, -0.15) is 0 Å². The molecule has 4 heterocycles. The molecule has 12 nitrogen and oxygen atoms in total. The second-order valence-electron chi connectivity index (χ2n) is 11.8. The van der Waals surface area contributed by atoms with E-state index in [1.54, 1.807) is 23.0 Å². The van der Waals surface area contributed by atoms with E-state index in [-0.39, 0.29) is 49.7 Å². The Hall–Kier alpha value is -5.00. The van der Waals surface area contributed by atoms with E-state index < -0.39 is 29.9 Å². The molecular weight excluding hydrogens is 562 g/mol. The number of furan rings is 1. The predicted molar refractivity (Wildman–Crippen MR) is 160 cm³/mol. The van der Waals surface area contributed by atoms with Crippen LogP contribution in [0.3, 0.4) is 0 Å². The molecule has 4 bridgehead atoms. The molecule has 228 valence electrons. The number of aromatic nitrogens is 3. The number of benzene rings is 2. The lowest BCUT2D eigenvalue weighted by molar-refractivity contribution is -0.134. The zero-order chi connectivity index (χ0) is 31.0. The fourth-order valence-electron chi connectivity index (χ4n) is 5.97. The van der Waals surface area contributed by atoms with Crippen molar-refractivity contribution < 1.29 is 23.6 Å². The van der Waals surface area contributed by atoms with Crippen LogP contribution in [-0.2, 0) is 27.3 Å². The summed E-state index contributed by atoms with van der Waals surface area (Å²) in [6.45, 7) is 5.75. The second-order valence-corrected chi connectivity index (χ2v) is 11.8. The van der Waals surface area contributed by atoms with Crippen LogP contribution in [0.25, 0.3) is 11.0 Å². The van der Waals surface area contributed by atoms with Crippen molar-refractivity contribution in [3.63, 3.8) is 0 Å². The first-order valence-electron chi connectivity index (χ1n) is 14.8. The molecule has 0 unspecified atom stereocenters. The van der Waals surface area contributed by atoms with Gasteiger partial charge >= 0.3 is 0 Å². The van der Waals surface area contributed by atoms with Gasteiger partial charge in [-0.3, -0.25) is 19.2 Å². The van der Waals surface area contributed by atoms with Gasteiger partial charge in [0, 0.05) is 24.8 Å². The Morgan fingerprint density at radius 3 is 2.59 bits per heavy atom. The molecule has 0 aliphatic carbocycles. The largest absolute Gasteiger partial charge is 0.461 e. The van der Waals surface area contributed by atoms with Crippen LogP contribution < -0.4 is 16.0 Å². The average Bonchev–Trinajstić information content (AvgIpc) is 3.75. The zero-order valence-electron chi connectivity index (χ0n) is 24.8. The van der Waals surface area contributed by atoms with Crippen molar-refractivity contribution in [3.8, 4) is 0 Å². The van der Waals surface area contributed by atoms with E-state index in [1.165, 1.54) is 4.90 Å². The Labute approximate surface area is 254 Å². The summed E-state index contributed by atoms with van der Waals surface area (Å²) in [6, 6.07) is 13.5. The summed E-state index contributed by atoms with van der Waals surface area (Å²) in [5.74, 6) is -1.29. The molecule has 0 saturated carbocycles. The van der Waals surface area contributed by atoms with Crippen molar-refractivity contribution in [2.24, 2.45) is 5.92 Å². The van der Waals surface area contributed by atoms with Crippen LogP contribution >= 0.6 is 0 Å². The molecule has 2 aromatic carbocycles. The third-order valence-electron chi connectivity index (χ3n) is 8.28. The lowest BCUT2D eigenvalue weighted by Gasteiger charge is -2.29. The molecule has 44 heavy (non-hydrogen) atoms. The van der Waals surface area contributed by atoms with Crippen molar-refractivity contribution in [3.05, 3.63) is 83.4 Å². The van der Waals surface area contributed by atoms with E-state index in [0.717, 1.165) is 10.9 Å². The van der Waals surface area contributed by atoms with Crippen LogP contribution in [0.1, 0.15) is 53.7 Å². The van der Waals surface area contributed by atoms with Gasteiger partial charge in [-0.1, -0.05) is 61.5 Å². The summed E-state index contributed by atoms with van der Waals surface area (Å²) in [7, 11) is 0. The molecule has 4 aromatic rings. The summed E-state index contributed by atoms with van der Waals surface area (Å²) in [5.41, 5.74) is 2.20. The molecule has 6 rings (SSSR count). The van der Waals surface area contributed by atoms with Crippen LogP contribution in [0.2, 0.25) is 0 Å². The number of carbonyl (C=O) groups excluding carboxylic acids is 4. The van der Waals surface area contributed by atoms with E-state index in [4.69, 9.17) is 4.42 Å². The van der Waals surface area contributed by atoms with E-state index >= 15 is 0 Å². The number of fused-ring (bicyclic) bond motifs is 6. The number of hydrogen-bond acceptors (Lipinski definition) is 7. The first-order valence-corrected chi connectivity index (χ1v) is 14.8. The van der Waals surface area contributed by atoms with Crippen molar-refractivity contribution in [2.75, 3.05) is 6.54 Å². The molecular formula is C32H35N7O5. The summed E-state index contributed by atoms with van der Waals surface area (Å²) in [6.07, 6.45) is 2.24. The maximum absolute atomic E-state index is 14.1. The summed E-state index contributed by atoms with van der Waals surface area (Å²) < 4.78 is 7.50. The van der Waals surface area contributed by atoms with Gasteiger partial charge in [0.15, 0.2) is 0 Å². The van der Waals surface area contributed by atoms with Gasteiger partial charge in [0.05, 0.1) is 24.3 Å². The summed E-state index contributed by atoms with van der Waals surface area (Å²) >= 11 is 0. The monoisotopic (exact) mass is 597 g/mol. The highest BCUT2D eigenvalue weighted by Gasteiger charge is 2.43. The van der Waals surface area contributed by atoms with Crippen molar-refractivity contribution in [1.29, 1.82) is 0 Å². The zero-order valence-corrected chi connectivity index (χ0v) is 24.8. The first kappa shape index (κ1) is 29.1. The Bertz CT molecular complexity index is 1710. The van der Waals surface area contributed by atoms with E-state index in [9.17, 15) is 19.2 Å². The first-order chi connectivity index (χ1) is 21.2. The van der Waals surface area contributed by atoms with E-state index in [1.807, 2.05) is 63.2 Å². The third kappa shape index (κ3) is 5.79. The Morgan fingerprint density at radius 2 is 1.82 bits per heavy atom. The van der Waals surface area contributed by atoms with Gasteiger partial charge in [-0.25, -0.2) is 4.68 Å². The fourth-order valence-corrected chi connectivity index (χ4v) is 5.97. The highest BCUT2D eigenvalue weighted by atomic mass is 16.3. The maximum Gasteiger partial charge on any atom is 0.258 e. The molecule has 0 spiro atoms. The van der Waals surface area contributed by atoms with Gasteiger partial charge in [0.2, 0.25) is 17.7 Å². The smallest absolute Gasteiger partial charge is 0.258 e. The van der Waals surface area contributed by atoms with Gasteiger partial charge in [-0.15, -0.1) is 5.10 Å². The Balaban J connectivity index is 1.34. The van der Waals surface area contributed by atoms with Crippen LogP contribution in [0.15, 0.2) is 65.2 Å². The van der Waals surface area contributed by atoms with Gasteiger partial charge in [0.1, 0.15) is 35.2 Å². The number of carbonyl (C=O) groups is 4. The standard InChI is InChI=1S/C32H35N7O5/c1-18(2)27-31(42)34-25(13-20-8-5-4-6-9-20)29(40)33-15-22-16-39(37-36-22)23-14-26(30(41)35-27)38(17-23)32(43)24-11-7-10-21-12-19(3)44-28(21)24/h4-12,16,18,23,25-27H,13-15,17H2,1-3H3,(H,33,40)(H,34,42)(H,35,41)/t23-,25+,26-,27-/m0/s1. The highest BCUT2D eigenvalue weighted by molar-refractivity contribution is 6.07. The normalized spacial score (nSPS) is 22.7. The number of para-hydroxylation sites is 1. The molecule has 3 N–H and O–H groups in total. The number of likely N-dealkylation sites (tertiary alicyclic amines) is 1. The molecule has 2 aliphatic heterocycles. The van der Waals surface area contributed by atoms with Gasteiger partial charge < -0.3 is 25.3 Å². The molecule has 2 aromatic heterocycles.